The van der Waals surface area contributed by atoms with Gasteiger partial charge in [-0.25, -0.2) is 4.98 Å². The average Bonchev–Trinajstić information content (AvgIpc) is 2.73. The van der Waals surface area contributed by atoms with Gasteiger partial charge in [-0.1, -0.05) is 60.7 Å². The molecule has 2 N–H and O–H groups in total. The van der Waals surface area contributed by atoms with E-state index in [1.165, 1.54) is 5.56 Å². The summed E-state index contributed by atoms with van der Waals surface area (Å²) in [6.45, 7) is 2.32. The number of hydrogen-bond acceptors (Lipinski definition) is 5. The Hall–Kier alpha value is -2.92. The molecule has 0 radical (unpaired) electrons. The third-order valence-corrected chi connectivity index (χ3v) is 4.17. The molecule has 5 nitrogen and oxygen atoms in total. The van der Waals surface area contributed by atoms with Gasteiger partial charge < -0.3 is 15.4 Å². The summed E-state index contributed by atoms with van der Waals surface area (Å²) in [5.41, 5.74) is 3.27. The average molecular weight is 362 g/mol. The van der Waals surface area contributed by atoms with Gasteiger partial charge in [0, 0.05) is 38.4 Å². The molecule has 0 saturated carbocycles. The molecule has 0 spiro atoms. The topological polar surface area (TPSA) is 59.1 Å². The number of aromatic nitrogens is 2. The minimum atomic E-state index is 0.640. The van der Waals surface area contributed by atoms with E-state index in [9.17, 15) is 0 Å². The Morgan fingerprint density at radius 3 is 2.33 bits per heavy atom. The summed E-state index contributed by atoms with van der Waals surface area (Å²) in [4.78, 5) is 9.31. The van der Waals surface area contributed by atoms with E-state index >= 15 is 0 Å². The maximum atomic E-state index is 5.11. The monoisotopic (exact) mass is 362 g/mol. The lowest BCUT2D eigenvalue weighted by Crippen LogP contribution is -2.11. The number of hydrogen-bond donors (Lipinski definition) is 2. The van der Waals surface area contributed by atoms with Gasteiger partial charge in [-0.3, -0.25) is 0 Å². The molecule has 0 aliphatic carbocycles. The van der Waals surface area contributed by atoms with Crippen LogP contribution in [0, 0.1) is 0 Å². The summed E-state index contributed by atoms with van der Waals surface area (Å²) in [7, 11) is 1.72. The summed E-state index contributed by atoms with van der Waals surface area (Å²) >= 11 is 0. The molecule has 0 unspecified atom stereocenters. The van der Waals surface area contributed by atoms with Gasteiger partial charge in [0.05, 0.1) is 5.69 Å². The summed E-state index contributed by atoms with van der Waals surface area (Å²) in [6.07, 6.45) is 1.86. The van der Waals surface area contributed by atoms with Gasteiger partial charge in [0.25, 0.3) is 0 Å². The van der Waals surface area contributed by atoms with Crippen molar-refractivity contribution in [1.29, 1.82) is 0 Å². The van der Waals surface area contributed by atoms with Crippen molar-refractivity contribution < 1.29 is 4.74 Å². The molecule has 0 atom stereocenters. The van der Waals surface area contributed by atoms with E-state index in [1.807, 2.05) is 30.3 Å². The molecule has 0 saturated heterocycles. The lowest BCUT2D eigenvalue weighted by Gasteiger charge is -2.11. The maximum absolute atomic E-state index is 5.11. The van der Waals surface area contributed by atoms with Crippen LogP contribution in [0.5, 0.6) is 0 Å². The summed E-state index contributed by atoms with van der Waals surface area (Å²) in [6, 6.07) is 22.6. The highest BCUT2D eigenvalue weighted by atomic mass is 16.5. The highest BCUT2D eigenvalue weighted by Crippen LogP contribution is 2.21. The lowest BCUT2D eigenvalue weighted by molar-refractivity contribution is 0.198. The number of rotatable bonds is 10. The predicted octanol–water partition coefficient (Wildman–Crippen LogP) is 4.25. The number of nitrogens with zero attached hydrogens (tertiary/aromatic N) is 2. The first-order chi connectivity index (χ1) is 13.3. The molecule has 3 rings (SSSR count). The first-order valence-electron chi connectivity index (χ1n) is 9.30. The summed E-state index contributed by atoms with van der Waals surface area (Å²) < 4.78 is 5.11. The van der Waals surface area contributed by atoms with Crippen LogP contribution in [0.2, 0.25) is 0 Å². The van der Waals surface area contributed by atoms with Gasteiger partial charge in [0.2, 0.25) is 5.95 Å². The van der Waals surface area contributed by atoms with E-state index in [0.717, 1.165) is 49.6 Å². The fraction of sp³-hybridized carbons (Fsp3) is 0.273. The molecule has 0 fully saturated rings. The van der Waals surface area contributed by atoms with E-state index in [4.69, 9.17) is 9.72 Å². The van der Waals surface area contributed by atoms with Gasteiger partial charge in [-0.2, -0.15) is 4.98 Å². The Balaban J connectivity index is 1.70. The van der Waals surface area contributed by atoms with Crippen LogP contribution in [0.15, 0.2) is 66.7 Å². The summed E-state index contributed by atoms with van der Waals surface area (Å²) in [5, 5.41) is 6.73. The summed E-state index contributed by atoms with van der Waals surface area (Å²) in [5.74, 6) is 1.46. The molecule has 0 bridgehead atoms. The van der Waals surface area contributed by atoms with Crippen LogP contribution in [-0.4, -0.2) is 36.8 Å². The second kappa shape index (κ2) is 10.3. The van der Waals surface area contributed by atoms with Crippen LogP contribution in [0.1, 0.15) is 12.0 Å². The van der Waals surface area contributed by atoms with Gasteiger partial charge in [0.1, 0.15) is 5.82 Å². The second-order valence-electron chi connectivity index (χ2n) is 6.26. The molecule has 2 aromatic carbocycles. The first kappa shape index (κ1) is 18.9. The Morgan fingerprint density at radius 1 is 0.852 bits per heavy atom. The van der Waals surface area contributed by atoms with Crippen molar-refractivity contribution in [3.63, 3.8) is 0 Å². The molecular weight excluding hydrogens is 336 g/mol. The zero-order valence-electron chi connectivity index (χ0n) is 15.7. The minimum Gasteiger partial charge on any atom is -0.385 e. The van der Waals surface area contributed by atoms with Crippen molar-refractivity contribution in [2.45, 2.75) is 12.8 Å². The van der Waals surface area contributed by atoms with Crippen molar-refractivity contribution in [1.82, 2.24) is 9.97 Å². The normalized spacial score (nSPS) is 10.6. The molecule has 0 aliphatic heterocycles. The number of nitrogens with one attached hydrogen (secondary N) is 2. The standard InChI is InChI=1S/C22H26N4O/c1-27-16-8-14-23-21-17-20(19-11-6-3-7-12-19)25-22(26-21)24-15-13-18-9-4-2-5-10-18/h2-7,9-12,17H,8,13-16H2,1H3,(H2,23,24,25,26). The molecule has 1 heterocycles. The lowest BCUT2D eigenvalue weighted by atomic mass is 10.1. The molecule has 3 aromatic rings. The number of ether oxygens (including phenoxy) is 1. The molecule has 27 heavy (non-hydrogen) atoms. The van der Waals surface area contributed by atoms with Crippen molar-refractivity contribution in [3.05, 3.63) is 72.3 Å². The SMILES string of the molecule is COCCCNc1cc(-c2ccccc2)nc(NCCc2ccccc2)n1. The van der Waals surface area contributed by atoms with Crippen molar-refractivity contribution in [3.8, 4) is 11.3 Å². The quantitative estimate of drug-likeness (QED) is 0.528. The number of methoxy groups -OCH3 is 1. The van der Waals surface area contributed by atoms with E-state index in [2.05, 4.69) is 52.0 Å². The van der Waals surface area contributed by atoms with Crippen LogP contribution in [0.4, 0.5) is 11.8 Å². The maximum Gasteiger partial charge on any atom is 0.225 e. The Kier molecular flexibility index (Phi) is 7.18. The zero-order valence-corrected chi connectivity index (χ0v) is 15.7. The van der Waals surface area contributed by atoms with E-state index in [-0.39, 0.29) is 0 Å². The van der Waals surface area contributed by atoms with Gasteiger partial charge >= 0.3 is 0 Å². The number of benzene rings is 2. The van der Waals surface area contributed by atoms with Crippen LogP contribution in [0.3, 0.4) is 0 Å². The van der Waals surface area contributed by atoms with Gasteiger partial charge in [0.15, 0.2) is 0 Å². The third-order valence-electron chi connectivity index (χ3n) is 4.17. The fourth-order valence-corrected chi connectivity index (χ4v) is 2.77. The van der Waals surface area contributed by atoms with Gasteiger partial charge in [-0.15, -0.1) is 0 Å². The van der Waals surface area contributed by atoms with Crippen LogP contribution >= 0.6 is 0 Å². The van der Waals surface area contributed by atoms with E-state index < -0.39 is 0 Å². The Bertz CT molecular complexity index is 809. The molecule has 140 valence electrons. The van der Waals surface area contributed by atoms with Crippen molar-refractivity contribution in [2.75, 3.05) is 37.4 Å². The molecule has 0 amide bonds. The molecule has 5 heteroatoms. The highest BCUT2D eigenvalue weighted by Gasteiger charge is 2.06. The molecule has 1 aromatic heterocycles. The highest BCUT2D eigenvalue weighted by molar-refractivity contribution is 5.64. The van der Waals surface area contributed by atoms with Crippen molar-refractivity contribution >= 4 is 11.8 Å². The van der Waals surface area contributed by atoms with E-state index in [1.54, 1.807) is 7.11 Å². The largest absolute Gasteiger partial charge is 0.385 e. The Labute approximate surface area is 160 Å². The first-order valence-corrected chi connectivity index (χ1v) is 9.30. The van der Waals surface area contributed by atoms with Crippen LogP contribution < -0.4 is 10.6 Å². The van der Waals surface area contributed by atoms with Crippen LogP contribution in [0.25, 0.3) is 11.3 Å². The minimum absolute atomic E-state index is 0.640. The Morgan fingerprint density at radius 2 is 1.59 bits per heavy atom. The van der Waals surface area contributed by atoms with Gasteiger partial charge in [-0.05, 0) is 18.4 Å². The fourth-order valence-electron chi connectivity index (χ4n) is 2.77. The number of anilines is 2. The van der Waals surface area contributed by atoms with E-state index in [0.29, 0.717) is 5.95 Å². The molecular formula is C22H26N4O. The van der Waals surface area contributed by atoms with Crippen molar-refractivity contribution in [2.24, 2.45) is 0 Å². The smallest absolute Gasteiger partial charge is 0.225 e. The molecule has 0 aliphatic rings. The second-order valence-corrected chi connectivity index (χ2v) is 6.26. The third kappa shape index (κ3) is 6.08. The predicted molar refractivity (Wildman–Crippen MR) is 111 cm³/mol. The zero-order chi connectivity index (χ0) is 18.7. The van der Waals surface area contributed by atoms with Crippen LogP contribution in [-0.2, 0) is 11.2 Å².